The quantitative estimate of drug-likeness (QED) is 0.463. The van der Waals surface area contributed by atoms with Crippen LogP contribution in [-0.4, -0.2) is 22.2 Å². The van der Waals surface area contributed by atoms with E-state index in [0.717, 1.165) is 30.7 Å². The van der Waals surface area contributed by atoms with Crippen LogP contribution in [0, 0.1) is 0 Å². The van der Waals surface area contributed by atoms with E-state index in [1.165, 1.54) is 13.3 Å². The molecule has 11 heavy (non-hydrogen) atoms. The van der Waals surface area contributed by atoms with Gasteiger partial charge in [0.15, 0.2) is 0 Å². The van der Waals surface area contributed by atoms with E-state index in [0.29, 0.717) is 0 Å². The molecule has 0 bridgehead atoms. The van der Waals surface area contributed by atoms with E-state index in [1.54, 1.807) is 0 Å². The molecule has 0 radical (unpaired) electrons. The van der Waals surface area contributed by atoms with Crippen LogP contribution in [0.2, 0.25) is 0 Å². The molecule has 0 aliphatic heterocycles. The molecule has 1 aliphatic carbocycles. The number of hydrogen-bond acceptors (Lipinski definition) is 2. The molecule has 64 valence electrons. The minimum atomic E-state index is -0.239. The van der Waals surface area contributed by atoms with Crippen LogP contribution in [-0.2, 0) is 4.79 Å². The van der Waals surface area contributed by atoms with Crippen molar-refractivity contribution in [2.45, 2.75) is 45.1 Å². The molecule has 1 aliphatic rings. The first-order valence-corrected chi connectivity index (χ1v) is 4.20. The summed E-state index contributed by atoms with van der Waals surface area (Å²) >= 11 is 0. The van der Waals surface area contributed by atoms with Gasteiger partial charge in [-0.05, 0) is 12.8 Å². The van der Waals surface area contributed by atoms with Crippen molar-refractivity contribution in [2.75, 3.05) is 0 Å². The van der Waals surface area contributed by atoms with E-state index in [9.17, 15) is 10.0 Å². The Kier molecular flexibility index (Phi) is 2.88. The van der Waals surface area contributed by atoms with Gasteiger partial charge < -0.3 is 0 Å². The van der Waals surface area contributed by atoms with Crippen LogP contribution in [0.3, 0.4) is 0 Å². The zero-order valence-electron chi connectivity index (χ0n) is 6.92. The van der Waals surface area contributed by atoms with Gasteiger partial charge in [-0.1, -0.05) is 19.3 Å². The molecule has 0 heterocycles. The molecule has 1 N–H and O–H groups in total. The van der Waals surface area contributed by atoms with Gasteiger partial charge in [0.1, 0.15) is 0 Å². The highest BCUT2D eigenvalue weighted by molar-refractivity contribution is 5.72. The summed E-state index contributed by atoms with van der Waals surface area (Å²) in [4.78, 5) is 10.7. The van der Waals surface area contributed by atoms with Crippen molar-refractivity contribution in [2.24, 2.45) is 0 Å². The second-order valence-corrected chi connectivity index (χ2v) is 3.16. The predicted molar refractivity (Wildman–Crippen MR) is 41.2 cm³/mol. The van der Waals surface area contributed by atoms with Crippen molar-refractivity contribution in [3.63, 3.8) is 0 Å². The highest BCUT2D eigenvalue weighted by Crippen LogP contribution is 2.21. The molecule has 1 saturated carbocycles. The number of amides is 1. The second-order valence-electron chi connectivity index (χ2n) is 3.16. The van der Waals surface area contributed by atoms with Crippen LogP contribution in [0.1, 0.15) is 39.0 Å². The Morgan fingerprint density at radius 1 is 1.36 bits per heavy atom. The predicted octanol–water partition coefficient (Wildman–Crippen LogP) is 1.56. The van der Waals surface area contributed by atoms with E-state index in [1.807, 2.05) is 0 Å². The lowest BCUT2D eigenvalue weighted by molar-refractivity contribution is -0.175. The standard InChI is InChI=1S/C8H15NO2/c1-7(10)9(11)8-5-3-2-4-6-8/h8,11H,2-6H2,1H3. The maximum absolute atomic E-state index is 10.7. The Labute approximate surface area is 67.0 Å². The largest absolute Gasteiger partial charge is 0.286 e. The van der Waals surface area contributed by atoms with Crippen molar-refractivity contribution in [1.29, 1.82) is 0 Å². The van der Waals surface area contributed by atoms with Crippen LogP contribution in [0.4, 0.5) is 0 Å². The van der Waals surface area contributed by atoms with Crippen LogP contribution >= 0.6 is 0 Å². The average Bonchev–Trinajstić information content (AvgIpc) is 2.05. The van der Waals surface area contributed by atoms with Crippen molar-refractivity contribution in [1.82, 2.24) is 5.06 Å². The van der Waals surface area contributed by atoms with Crippen molar-refractivity contribution in [3.05, 3.63) is 0 Å². The van der Waals surface area contributed by atoms with Crippen molar-refractivity contribution in [3.8, 4) is 0 Å². The van der Waals surface area contributed by atoms with Crippen molar-refractivity contribution >= 4 is 5.91 Å². The Bertz CT molecular complexity index is 141. The van der Waals surface area contributed by atoms with Gasteiger partial charge in [-0.15, -0.1) is 0 Å². The molecule has 0 aromatic rings. The molecule has 1 amide bonds. The third-order valence-electron chi connectivity index (χ3n) is 2.24. The molecular weight excluding hydrogens is 142 g/mol. The van der Waals surface area contributed by atoms with Gasteiger partial charge in [0.25, 0.3) is 0 Å². The fourth-order valence-corrected chi connectivity index (χ4v) is 1.58. The smallest absolute Gasteiger partial charge is 0.243 e. The Morgan fingerprint density at radius 3 is 2.36 bits per heavy atom. The first kappa shape index (κ1) is 8.53. The lowest BCUT2D eigenvalue weighted by atomic mass is 9.95. The van der Waals surface area contributed by atoms with Crippen LogP contribution < -0.4 is 0 Å². The van der Waals surface area contributed by atoms with Gasteiger partial charge >= 0.3 is 0 Å². The first-order chi connectivity index (χ1) is 5.22. The van der Waals surface area contributed by atoms with E-state index < -0.39 is 0 Å². The lowest BCUT2D eigenvalue weighted by Gasteiger charge is -2.27. The van der Waals surface area contributed by atoms with Crippen LogP contribution in [0.5, 0.6) is 0 Å². The zero-order chi connectivity index (χ0) is 8.27. The van der Waals surface area contributed by atoms with Gasteiger partial charge in [0, 0.05) is 6.92 Å². The summed E-state index contributed by atoms with van der Waals surface area (Å²) in [6.45, 7) is 1.40. The molecule has 0 aromatic carbocycles. The summed E-state index contributed by atoms with van der Waals surface area (Å²) in [5.41, 5.74) is 0. The Balaban J connectivity index is 2.38. The van der Waals surface area contributed by atoms with E-state index in [4.69, 9.17) is 0 Å². The molecule has 1 fully saturated rings. The maximum atomic E-state index is 10.7. The number of rotatable bonds is 1. The summed E-state index contributed by atoms with van der Waals surface area (Å²) in [7, 11) is 0. The molecule has 3 heteroatoms. The highest BCUT2D eigenvalue weighted by Gasteiger charge is 2.21. The molecule has 0 aromatic heterocycles. The van der Waals surface area contributed by atoms with Gasteiger partial charge in [-0.25, -0.2) is 5.06 Å². The van der Waals surface area contributed by atoms with Gasteiger partial charge in [0.2, 0.25) is 5.91 Å². The molecule has 3 nitrogen and oxygen atoms in total. The van der Waals surface area contributed by atoms with E-state index in [-0.39, 0.29) is 11.9 Å². The maximum Gasteiger partial charge on any atom is 0.243 e. The fraction of sp³-hybridized carbons (Fsp3) is 0.875. The van der Waals surface area contributed by atoms with E-state index in [2.05, 4.69) is 0 Å². The van der Waals surface area contributed by atoms with Crippen LogP contribution in [0.25, 0.3) is 0 Å². The van der Waals surface area contributed by atoms with Crippen molar-refractivity contribution < 1.29 is 10.0 Å². The number of carbonyl (C=O) groups excluding carboxylic acids is 1. The molecule has 0 atom stereocenters. The Morgan fingerprint density at radius 2 is 1.91 bits per heavy atom. The summed E-state index contributed by atoms with van der Waals surface area (Å²) < 4.78 is 0. The highest BCUT2D eigenvalue weighted by atomic mass is 16.5. The minimum Gasteiger partial charge on any atom is -0.286 e. The zero-order valence-corrected chi connectivity index (χ0v) is 6.92. The second kappa shape index (κ2) is 3.72. The number of nitrogens with zero attached hydrogens (tertiary/aromatic N) is 1. The number of carbonyl (C=O) groups is 1. The van der Waals surface area contributed by atoms with Gasteiger partial charge in [-0.3, -0.25) is 10.0 Å². The normalized spacial score (nSPS) is 19.8. The molecule has 1 rings (SSSR count). The number of hydrogen-bond donors (Lipinski definition) is 1. The first-order valence-electron chi connectivity index (χ1n) is 4.20. The third kappa shape index (κ3) is 2.19. The summed E-state index contributed by atoms with van der Waals surface area (Å²) in [5.74, 6) is -0.239. The molecule has 0 unspecified atom stereocenters. The minimum absolute atomic E-state index is 0.0845. The SMILES string of the molecule is CC(=O)N(O)C1CCCCC1. The summed E-state index contributed by atoms with van der Waals surface area (Å²) in [5, 5.41) is 10.1. The topological polar surface area (TPSA) is 40.5 Å². The molecule has 0 saturated heterocycles. The van der Waals surface area contributed by atoms with Crippen LogP contribution in [0.15, 0.2) is 0 Å². The summed E-state index contributed by atoms with van der Waals surface area (Å²) in [6, 6.07) is 0.0845. The van der Waals surface area contributed by atoms with Gasteiger partial charge in [-0.2, -0.15) is 0 Å². The van der Waals surface area contributed by atoms with E-state index >= 15 is 0 Å². The lowest BCUT2D eigenvalue weighted by Crippen LogP contribution is -2.37. The third-order valence-corrected chi connectivity index (χ3v) is 2.24. The molecule has 0 spiro atoms. The number of hydroxylamine groups is 2. The summed E-state index contributed by atoms with van der Waals surface area (Å²) in [6.07, 6.45) is 5.42. The monoisotopic (exact) mass is 157 g/mol. The molecular formula is C8H15NO2. The fourth-order valence-electron chi connectivity index (χ4n) is 1.58. The average molecular weight is 157 g/mol. The Hall–Kier alpha value is -0.570. The van der Waals surface area contributed by atoms with Gasteiger partial charge in [0.05, 0.1) is 6.04 Å².